The van der Waals surface area contributed by atoms with Crippen molar-refractivity contribution in [3.63, 3.8) is 0 Å². The van der Waals surface area contributed by atoms with Gasteiger partial charge in [0.25, 0.3) is 5.69 Å². The number of rotatable bonds is 3. The average Bonchev–Trinajstić information content (AvgIpc) is 2.17. The molecule has 0 amide bonds. The van der Waals surface area contributed by atoms with Gasteiger partial charge in [-0.1, -0.05) is 0 Å². The van der Waals surface area contributed by atoms with Gasteiger partial charge in [-0.25, -0.2) is 8.78 Å². The van der Waals surface area contributed by atoms with Gasteiger partial charge in [-0.3, -0.25) is 10.1 Å². The summed E-state index contributed by atoms with van der Waals surface area (Å²) in [5.41, 5.74) is -0.763. The third-order valence-electron chi connectivity index (χ3n) is 2.72. The molecule has 0 aliphatic heterocycles. The molecule has 86 valence electrons. The van der Waals surface area contributed by atoms with E-state index in [0.29, 0.717) is 0 Å². The lowest BCUT2D eigenvalue weighted by Gasteiger charge is -2.27. The standard InChI is InChI=1S/C10H10F2N2O2/c11-7-4-5-8(14(15)16)10(9(7)12)13-6-2-1-3-6/h4-6,13H,1-3H2. The van der Waals surface area contributed by atoms with Crippen LogP contribution in [0, 0.1) is 21.7 Å². The summed E-state index contributed by atoms with van der Waals surface area (Å²) >= 11 is 0. The molecule has 2 rings (SSSR count). The van der Waals surface area contributed by atoms with E-state index in [1.165, 1.54) is 0 Å². The Balaban J connectivity index is 2.37. The highest BCUT2D eigenvalue weighted by atomic mass is 19.2. The zero-order valence-corrected chi connectivity index (χ0v) is 8.37. The van der Waals surface area contributed by atoms with Crippen LogP contribution in [0.1, 0.15) is 19.3 Å². The van der Waals surface area contributed by atoms with E-state index in [1.807, 2.05) is 0 Å². The van der Waals surface area contributed by atoms with Crippen LogP contribution < -0.4 is 5.32 Å². The highest BCUT2D eigenvalue weighted by molar-refractivity contribution is 5.63. The zero-order valence-electron chi connectivity index (χ0n) is 8.37. The molecule has 1 fully saturated rings. The van der Waals surface area contributed by atoms with Crippen LogP contribution in [0.4, 0.5) is 20.2 Å². The minimum atomic E-state index is -1.18. The second-order valence-corrected chi connectivity index (χ2v) is 3.78. The number of anilines is 1. The summed E-state index contributed by atoms with van der Waals surface area (Å²) in [6, 6.07) is 1.74. The topological polar surface area (TPSA) is 55.2 Å². The molecule has 1 saturated carbocycles. The molecule has 0 aromatic heterocycles. The van der Waals surface area contributed by atoms with Crippen LogP contribution in [0.5, 0.6) is 0 Å². The highest BCUT2D eigenvalue weighted by Crippen LogP contribution is 2.32. The molecule has 1 N–H and O–H groups in total. The fourth-order valence-electron chi connectivity index (χ4n) is 1.59. The van der Waals surface area contributed by atoms with Crippen molar-refractivity contribution in [2.45, 2.75) is 25.3 Å². The summed E-state index contributed by atoms with van der Waals surface area (Å²) in [4.78, 5) is 9.93. The molecule has 0 unspecified atom stereocenters. The van der Waals surface area contributed by atoms with E-state index >= 15 is 0 Å². The van der Waals surface area contributed by atoms with E-state index in [4.69, 9.17) is 0 Å². The van der Waals surface area contributed by atoms with Gasteiger partial charge in [0.1, 0.15) is 0 Å². The minimum Gasteiger partial charge on any atom is -0.374 e. The lowest BCUT2D eigenvalue weighted by atomic mass is 9.93. The number of nitrogens with one attached hydrogen (secondary N) is 1. The van der Waals surface area contributed by atoms with Gasteiger partial charge >= 0.3 is 0 Å². The summed E-state index contributed by atoms with van der Waals surface area (Å²) in [5, 5.41) is 13.3. The van der Waals surface area contributed by atoms with Gasteiger partial charge in [0, 0.05) is 12.1 Å². The Hall–Kier alpha value is -1.72. The number of halogens is 2. The summed E-state index contributed by atoms with van der Waals surface area (Å²) in [5.74, 6) is -2.26. The number of nitrogens with zero attached hydrogens (tertiary/aromatic N) is 1. The maximum Gasteiger partial charge on any atom is 0.295 e. The second-order valence-electron chi connectivity index (χ2n) is 3.78. The number of hydrogen-bond acceptors (Lipinski definition) is 3. The Labute approximate surface area is 90.4 Å². The van der Waals surface area contributed by atoms with Crippen LogP contribution in [0.3, 0.4) is 0 Å². The Bertz CT molecular complexity index is 433. The van der Waals surface area contributed by atoms with Crippen molar-refractivity contribution in [2.75, 3.05) is 5.32 Å². The third-order valence-corrected chi connectivity index (χ3v) is 2.72. The van der Waals surface area contributed by atoms with Crippen LogP contribution in [0.15, 0.2) is 12.1 Å². The fourth-order valence-corrected chi connectivity index (χ4v) is 1.59. The molecule has 1 aromatic carbocycles. The molecule has 0 bridgehead atoms. The SMILES string of the molecule is O=[N+]([O-])c1ccc(F)c(F)c1NC1CCC1. The molecule has 0 radical (unpaired) electrons. The van der Waals surface area contributed by atoms with Crippen molar-refractivity contribution in [3.8, 4) is 0 Å². The normalized spacial score (nSPS) is 15.6. The Morgan fingerprint density at radius 3 is 2.56 bits per heavy atom. The molecule has 16 heavy (non-hydrogen) atoms. The van der Waals surface area contributed by atoms with Crippen molar-refractivity contribution in [1.29, 1.82) is 0 Å². The summed E-state index contributed by atoms with van der Waals surface area (Å²) in [7, 11) is 0. The van der Waals surface area contributed by atoms with Crippen LogP contribution in [-0.4, -0.2) is 11.0 Å². The van der Waals surface area contributed by atoms with Crippen molar-refractivity contribution < 1.29 is 13.7 Å². The predicted molar refractivity (Wildman–Crippen MR) is 54.3 cm³/mol. The van der Waals surface area contributed by atoms with E-state index in [9.17, 15) is 18.9 Å². The molecule has 1 aliphatic carbocycles. The largest absolute Gasteiger partial charge is 0.374 e. The van der Waals surface area contributed by atoms with E-state index < -0.39 is 22.2 Å². The Morgan fingerprint density at radius 2 is 2.06 bits per heavy atom. The summed E-state index contributed by atoms with van der Waals surface area (Å²) in [6.45, 7) is 0. The van der Waals surface area contributed by atoms with E-state index in [1.54, 1.807) is 0 Å². The van der Waals surface area contributed by atoms with Crippen molar-refractivity contribution in [3.05, 3.63) is 33.9 Å². The van der Waals surface area contributed by atoms with Gasteiger partial charge in [-0.15, -0.1) is 0 Å². The first-order valence-corrected chi connectivity index (χ1v) is 4.98. The quantitative estimate of drug-likeness (QED) is 0.639. The number of benzene rings is 1. The monoisotopic (exact) mass is 228 g/mol. The van der Waals surface area contributed by atoms with Crippen molar-refractivity contribution in [1.82, 2.24) is 0 Å². The van der Waals surface area contributed by atoms with Gasteiger partial charge in [0.15, 0.2) is 17.3 Å². The lowest BCUT2D eigenvalue weighted by Crippen LogP contribution is -2.28. The summed E-state index contributed by atoms with van der Waals surface area (Å²) in [6.07, 6.45) is 2.66. The summed E-state index contributed by atoms with van der Waals surface area (Å²) < 4.78 is 26.4. The first-order chi connectivity index (χ1) is 7.59. The first kappa shape index (κ1) is 10.8. The molecule has 1 aliphatic rings. The van der Waals surface area contributed by atoms with E-state index in [0.717, 1.165) is 31.4 Å². The molecule has 0 spiro atoms. The predicted octanol–water partition coefficient (Wildman–Crippen LogP) is 2.84. The van der Waals surface area contributed by atoms with E-state index in [-0.39, 0.29) is 11.7 Å². The van der Waals surface area contributed by atoms with E-state index in [2.05, 4.69) is 5.32 Å². The molecule has 6 heteroatoms. The molecule has 1 aromatic rings. The molecule has 0 atom stereocenters. The highest BCUT2D eigenvalue weighted by Gasteiger charge is 2.26. The van der Waals surface area contributed by atoms with Gasteiger partial charge in [-0.2, -0.15) is 0 Å². The van der Waals surface area contributed by atoms with Crippen molar-refractivity contribution >= 4 is 11.4 Å². The van der Waals surface area contributed by atoms with Gasteiger partial charge in [0.2, 0.25) is 0 Å². The lowest BCUT2D eigenvalue weighted by molar-refractivity contribution is -0.384. The third kappa shape index (κ3) is 1.82. The number of nitro benzene ring substituents is 1. The Morgan fingerprint density at radius 1 is 1.38 bits per heavy atom. The molecule has 0 saturated heterocycles. The molecular formula is C10H10F2N2O2. The smallest absolute Gasteiger partial charge is 0.295 e. The van der Waals surface area contributed by atoms with Crippen LogP contribution in [0.25, 0.3) is 0 Å². The maximum atomic E-state index is 13.4. The first-order valence-electron chi connectivity index (χ1n) is 4.98. The van der Waals surface area contributed by atoms with Gasteiger partial charge < -0.3 is 5.32 Å². The molecule has 4 nitrogen and oxygen atoms in total. The van der Waals surface area contributed by atoms with Crippen molar-refractivity contribution in [2.24, 2.45) is 0 Å². The van der Waals surface area contributed by atoms with Crippen LogP contribution in [0.2, 0.25) is 0 Å². The second kappa shape index (κ2) is 4.03. The van der Waals surface area contributed by atoms with Crippen LogP contribution in [-0.2, 0) is 0 Å². The fraction of sp³-hybridized carbons (Fsp3) is 0.400. The zero-order chi connectivity index (χ0) is 11.7. The molecular weight excluding hydrogens is 218 g/mol. The Kier molecular flexibility index (Phi) is 2.72. The number of nitro groups is 1. The minimum absolute atomic E-state index is 0.00926. The maximum absolute atomic E-state index is 13.4. The van der Waals surface area contributed by atoms with Gasteiger partial charge in [-0.05, 0) is 25.3 Å². The molecule has 0 heterocycles. The van der Waals surface area contributed by atoms with Gasteiger partial charge in [0.05, 0.1) is 4.92 Å². The van der Waals surface area contributed by atoms with Crippen LogP contribution >= 0.6 is 0 Å². The average molecular weight is 228 g/mol. The number of hydrogen-bond donors (Lipinski definition) is 1.